The van der Waals surface area contributed by atoms with Crippen molar-refractivity contribution in [2.24, 2.45) is 0 Å². The van der Waals surface area contributed by atoms with Crippen molar-refractivity contribution in [2.45, 2.75) is 32.2 Å². The van der Waals surface area contributed by atoms with Gasteiger partial charge in [0, 0.05) is 11.6 Å². The Bertz CT molecular complexity index is 507. The number of hydrogen-bond acceptors (Lipinski definition) is 4. The zero-order valence-electron chi connectivity index (χ0n) is 11.4. The third kappa shape index (κ3) is 3.30. The van der Waals surface area contributed by atoms with E-state index in [-0.39, 0.29) is 12.2 Å². The van der Waals surface area contributed by atoms with Gasteiger partial charge in [0.05, 0.1) is 17.1 Å². The Kier molecular flexibility index (Phi) is 5.15. The summed E-state index contributed by atoms with van der Waals surface area (Å²) in [5, 5.41) is 22.5. The molecule has 7 heteroatoms. The molecule has 1 amide bonds. The Labute approximate surface area is 115 Å². The van der Waals surface area contributed by atoms with Gasteiger partial charge in [-0.25, -0.2) is 0 Å². The summed E-state index contributed by atoms with van der Waals surface area (Å²) in [6.07, 6.45) is 1.03. The summed E-state index contributed by atoms with van der Waals surface area (Å²) in [6.45, 7) is 3.40. The fourth-order valence-electron chi connectivity index (χ4n) is 1.80. The second-order valence-electron chi connectivity index (χ2n) is 4.52. The summed E-state index contributed by atoms with van der Waals surface area (Å²) in [6, 6.07) is 2.95. The van der Waals surface area contributed by atoms with Crippen molar-refractivity contribution in [1.82, 2.24) is 5.32 Å². The Morgan fingerprint density at radius 3 is 2.45 bits per heavy atom. The average Bonchev–Trinajstić information content (AvgIpc) is 2.44. The first-order chi connectivity index (χ1) is 9.39. The number of benzene rings is 1. The van der Waals surface area contributed by atoms with Crippen molar-refractivity contribution in [2.75, 3.05) is 6.61 Å². The van der Waals surface area contributed by atoms with Gasteiger partial charge in [-0.2, -0.15) is 4.39 Å². The van der Waals surface area contributed by atoms with E-state index in [2.05, 4.69) is 5.32 Å². The van der Waals surface area contributed by atoms with Crippen LogP contribution in [0.4, 0.5) is 10.1 Å². The van der Waals surface area contributed by atoms with Crippen LogP contribution < -0.4 is 5.32 Å². The normalized spacial score (nSPS) is 11.2. The Morgan fingerprint density at radius 2 is 2.05 bits per heavy atom. The fraction of sp³-hybridized carbons (Fsp3) is 0.462. The molecule has 1 aromatic carbocycles. The molecule has 0 aliphatic rings. The van der Waals surface area contributed by atoms with Gasteiger partial charge < -0.3 is 10.4 Å². The third-order valence-corrected chi connectivity index (χ3v) is 3.44. The van der Waals surface area contributed by atoms with Crippen LogP contribution in [0.5, 0.6) is 0 Å². The number of nitro groups is 1. The first-order valence-electron chi connectivity index (χ1n) is 6.26. The predicted octanol–water partition coefficient (Wildman–Crippen LogP) is 2.01. The molecule has 0 fully saturated rings. The van der Waals surface area contributed by atoms with Gasteiger partial charge in [0.25, 0.3) is 5.91 Å². The van der Waals surface area contributed by atoms with Gasteiger partial charge in [-0.05, 0) is 25.0 Å². The highest BCUT2D eigenvalue weighted by Gasteiger charge is 2.28. The maximum atomic E-state index is 13.5. The van der Waals surface area contributed by atoms with Crippen LogP contribution in [0.3, 0.4) is 0 Å². The minimum absolute atomic E-state index is 0.0205. The van der Waals surface area contributed by atoms with E-state index in [1.165, 1.54) is 6.07 Å². The third-order valence-electron chi connectivity index (χ3n) is 3.44. The van der Waals surface area contributed by atoms with Crippen LogP contribution in [0.1, 0.15) is 37.0 Å². The van der Waals surface area contributed by atoms with Crippen LogP contribution >= 0.6 is 0 Å². The number of amides is 1. The van der Waals surface area contributed by atoms with Crippen LogP contribution in [0, 0.1) is 15.9 Å². The predicted molar refractivity (Wildman–Crippen MR) is 70.9 cm³/mol. The van der Waals surface area contributed by atoms with Crippen molar-refractivity contribution >= 4 is 11.6 Å². The maximum absolute atomic E-state index is 13.5. The number of carbonyl (C=O) groups excluding carboxylic acids is 1. The molecule has 110 valence electrons. The molecular weight excluding hydrogens is 267 g/mol. The molecule has 0 atom stereocenters. The number of hydrogen-bond donors (Lipinski definition) is 2. The fourth-order valence-corrected chi connectivity index (χ4v) is 1.80. The number of carbonyl (C=O) groups is 1. The second-order valence-corrected chi connectivity index (χ2v) is 4.52. The van der Waals surface area contributed by atoms with Gasteiger partial charge >= 0.3 is 5.69 Å². The largest absolute Gasteiger partial charge is 0.394 e. The molecular formula is C13H17FN2O4. The smallest absolute Gasteiger partial charge is 0.304 e. The maximum Gasteiger partial charge on any atom is 0.304 e. The summed E-state index contributed by atoms with van der Waals surface area (Å²) < 4.78 is 13.5. The minimum Gasteiger partial charge on any atom is -0.394 e. The van der Waals surface area contributed by atoms with E-state index in [4.69, 9.17) is 0 Å². The van der Waals surface area contributed by atoms with E-state index in [1.807, 2.05) is 13.8 Å². The number of nitrogens with one attached hydrogen (secondary N) is 1. The van der Waals surface area contributed by atoms with Crippen molar-refractivity contribution in [3.05, 3.63) is 39.7 Å². The summed E-state index contributed by atoms with van der Waals surface area (Å²) in [5.41, 5.74) is -1.47. The Morgan fingerprint density at radius 1 is 1.45 bits per heavy atom. The number of aliphatic hydroxyl groups excluding tert-OH is 1. The molecule has 0 aromatic heterocycles. The molecule has 0 spiro atoms. The van der Waals surface area contributed by atoms with E-state index in [0.29, 0.717) is 12.8 Å². The van der Waals surface area contributed by atoms with Crippen LogP contribution in [0.15, 0.2) is 18.2 Å². The lowest BCUT2D eigenvalue weighted by atomic mass is 9.93. The van der Waals surface area contributed by atoms with E-state index in [9.17, 15) is 24.4 Å². The van der Waals surface area contributed by atoms with E-state index in [1.54, 1.807) is 0 Å². The summed E-state index contributed by atoms with van der Waals surface area (Å²) in [5.74, 6) is -1.64. The molecule has 0 aliphatic carbocycles. The highest BCUT2D eigenvalue weighted by molar-refractivity contribution is 5.95. The Balaban J connectivity index is 2.99. The van der Waals surface area contributed by atoms with E-state index in [0.717, 1.165) is 12.1 Å². The van der Waals surface area contributed by atoms with Gasteiger partial charge in [0.1, 0.15) is 0 Å². The van der Waals surface area contributed by atoms with Crippen LogP contribution in [-0.2, 0) is 0 Å². The van der Waals surface area contributed by atoms with Crippen molar-refractivity contribution in [3.63, 3.8) is 0 Å². The highest BCUT2D eigenvalue weighted by Crippen LogP contribution is 2.20. The van der Waals surface area contributed by atoms with Crippen molar-refractivity contribution < 1.29 is 19.2 Å². The Hall–Kier alpha value is -2.02. The molecule has 6 nitrogen and oxygen atoms in total. The molecule has 0 aliphatic heterocycles. The lowest BCUT2D eigenvalue weighted by molar-refractivity contribution is -0.387. The zero-order chi connectivity index (χ0) is 15.3. The van der Waals surface area contributed by atoms with Crippen LogP contribution in [-0.4, -0.2) is 28.1 Å². The van der Waals surface area contributed by atoms with Gasteiger partial charge in [-0.15, -0.1) is 0 Å². The number of rotatable bonds is 6. The topological polar surface area (TPSA) is 92.5 Å². The lowest BCUT2D eigenvalue weighted by Crippen LogP contribution is -2.50. The SMILES string of the molecule is CCC(CC)(CO)NC(=O)c1ccc([N+](=O)[O-])c(F)c1. The first kappa shape index (κ1) is 16.0. The van der Waals surface area contributed by atoms with Crippen LogP contribution in [0.25, 0.3) is 0 Å². The molecule has 1 rings (SSSR count). The summed E-state index contributed by atoms with van der Waals surface area (Å²) in [4.78, 5) is 21.7. The molecule has 0 saturated heterocycles. The zero-order valence-corrected chi connectivity index (χ0v) is 11.4. The molecule has 0 unspecified atom stereocenters. The van der Waals surface area contributed by atoms with E-state index < -0.39 is 27.9 Å². The molecule has 0 heterocycles. The molecule has 1 aromatic rings. The average molecular weight is 284 g/mol. The van der Waals surface area contributed by atoms with Gasteiger partial charge in [-0.1, -0.05) is 13.8 Å². The second kappa shape index (κ2) is 6.42. The van der Waals surface area contributed by atoms with Gasteiger partial charge in [0.15, 0.2) is 0 Å². The molecule has 0 radical (unpaired) electrons. The molecule has 20 heavy (non-hydrogen) atoms. The number of aliphatic hydroxyl groups is 1. The first-order valence-corrected chi connectivity index (χ1v) is 6.26. The van der Waals surface area contributed by atoms with Gasteiger partial charge in [-0.3, -0.25) is 14.9 Å². The lowest BCUT2D eigenvalue weighted by Gasteiger charge is -2.30. The summed E-state index contributed by atoms with van der Waals surface area (Å²) >= 11 is 0. The van der Waals surface area contributed by atoms with Crippen LogP contribution in [0.2, 0.25) is 0 Å². The molecule has 2 N–H and O–H groups in total. The molecule has 0 bridgehead atoms. The monoisotopic (exact) mass is 284 g/mol. The highest BCUT2D eigenvalue weighted by atomic mass is 19.1. The quantitative estimate of drug-likeness (QED) is 0.617. The number of nitro benzene ring substituents is 1. The number of nitrogens with zero attached hydrogens (tertiary/aromatic N) is 1. The standard InChI is InChI=1S/C13H17FN2O4/c1-3-13(4-2,8-17)15-12(18)9-5-6-11(16(19)20)10(14)7-9/h5-7,17H,3-4,8H2,1-2H3,(H,15,18). The minimum atomic E-state index is -1.06. The van der Waals surface area contributed by atoms with Crippen molar-refractivity contribution in [3.8, 4) is 0 Å². The summed E-state index contributed by atoms with van der Waals surface area (Å²) in [7, 11) is 0. The molecule has 0 saturated carbocycles. The van der Waals surface area contributed by atoms with E-state index >= 15 is 0 Å². The van der Waals surface area contributed by atoms with Crippen molar-refractivity contribution in [1.29, 1.82) is 0 Å². The van der Waals surface area contributed by atoms with Gasteiger partial charge in [0.2, 0.25) is 5.82 Å². The number of halogens is 1.